The number of aromatic nitrogens is 2. The third-order valence-electron chi connectivity index (χ3n) is 4.81. The zero-order valence-electron chi connectivity index (χ0n) is 16.0. The Hall–Kier alpha value is -2.83. The van der Waals surface area contributed by atoms with E-state index in [2.05, 4.69) is 14.9 Å². The molecule has 1 fully saturated rings. The van der Waals surface area contributed by atoms with Crippen molar-refractivity contribution in [1.82, 2.24) is 9.97 Å². The second-order valence-electron chi connectivity index (χ2n) is 6.87. The largest absolute Gasteiger partial charge is 0.514 e. The van der Waals surface area contributed by atoms with Crippen molar-refractivity contribution >= 4 is 35.3 Å². The number of nitrogens with zero attached hydrogens (tertiary/aromatic N) is 3. The monoisotopic (exact) mass is 443 g/mol. The summed E-state index contributed by atoms with van der Waals surface area (Å²) in [5.41, 5.74) is 1.65. The lowest BCUT2D eigenvalue weighted by atomic mass is 10.1. The van der Waals surface area contributed by atoms with Gasteiger partial charge in [-0.25, -0.2) is 14.8 Å². The Bertz CT molecular complexity index is 1010. The summed E-state index contributed by atoms with van der Waals surface area (Å²) in [4.78, 5) is 23.0. The maximum Gasteiger partial charge on any atom is 0.514 e. The summed E-state index contributed by atoms with van der Waals surface area (Å²) in [5, 5.41) is 1.14. The number of anilines is 1. The van der Waals surface area contributed by atoms with Gasteiger partial charge < -0.3 is 14.4 Å². The van der Waals surface area contributed by atoms with Crippen LogP contribution >= 0.6 is 23.2 Å². The van der Waals surface area contributed by atoms with E-state index in [0.29, 0.717) is 47.7 Å². The lowest BCUT2D eigenvalue weighted by molar-refractivity contribution is 0.0475. The van der Waals surface area contributed by atoms with Crippen LogP contribution in [-0.2, 0) is 4.74 Å². The first-order valence-corrected chi connectivity index (χ1v) is 10.3. The van der Waals surface area contributed by atoms with Crippen molar-refractivity contribution in [3.05, 3.63) is 71.0 Å². The Morgan fingerprint density at radius 1 is 1.00 bits per heavy atom. The van der Waals surface area contributed by atoms with Crippen molar-refractivity contribution in [2.24, 2.45) is 0 Å². The number of piperidine rings is 1. The van der Waals surface area contributed by atoms with Crippen LogP contribution in [0.1, 0.15) is 12.8 Å². The number of hydrogen-bond donors (Lipinski definition) is 0. The third-order valence-corrected chi connectivity index (χ3v) is 5.36. The van der Waals surface area contributed by atoms with E-state index in [9.17, 15) is 4.79 Å². The number of hydrogen-bond acceptors (Lipinski definition) is 6. The summed E-state index contributed by atoms with van der Waals surface area (Å²) in [6.07, 6.45) is 3.98. The van der Waals surface area contributed by atoms with Crippen LogP contribution in [0.4, 0.5) is 10.7 Å². The molecular weight excluding hydrogens is 425 g/mol. The van der Waals surface area contributed by atoms with E-state index in [1.807, 2.05) is 12.1 Å². The van der Waals surface area contributed by atoms with E-state index in [1.165, 1.54) is 0 Å². The summed E-state index contributed by atoms with van der Waals surface area (Å²) < 4.78 is 10.6. The van der Waals surface area contributed by atoms with Crippen molar-refractivity contribution in [2.75, 3.05) is 18.0 Å². The Morgan fingerprint density at radius 3 is 2.37 bits per heavy atom. The second kappa shape index (κ2) is 9.32. The molecule has 2 heterocycles. The Morgan fingerprint density at radius 2 is 1.70 bits per heavy atom. The van der Waals surface area contributed by atoms with Gasteiger partial charge >= 0.3 is 6.16 Å². The van der Waals surface area contributed by atoms with Crippen LogP contribution < -0.4 is 9.64 Å². The Labute approximate surface area is 184 Å². The first-order chi connectivity index (χ1) is 14.6. The highest BCUT2D eigenvalue weighted by Gasteiger charge is 2.24. The van der Waals surface area contributed by atoms with Gasteiger partial charge in [0, 0.05) is 59.5 Å². The van der Waals surface area contributed by atoms with Gasteiger partial charge in [-0.3, -0.25) is 0 Å². The van der Waals surface area contributed by atoms with E-state index >= 15 is 0 Å². The molecule has 0 aliphatic carbocycles. The van der Waals surface area contributed by atoms with Gasteiger partial charge in [-0.05, 0) is 24.3 Å². The summed E-state index contributed by atoms with van der Waals surface area (Å²) in [6.45, 7) is 1.37. The fraction of sp³-hybridized carbons (Fsp3) is 0.227. The normalized spacial score (nSPS) is 14.4. The number of ether oxygens (including phenoxy) is 2. The number of halogens is 2. The molecule has 8 heteroatoms. The molecule has 4 rings (SSSR count). The number of rotatable bonds is 4. The molecule has 0 amide bonds. The van der Waals surface area contributed by atoms with Gasteiger partial charge in [-0.15, -0.1) is 0 Å². The van der Waals surface area contributed by atoms with E-state index in [4.69, 9.17) is 32.7 Å². The maximum atomic E-state index is 12.0. The highest BCUT2D eigenvalue weighted by molar-refractivity contribution is 6.36. The van der Waals surface area contributed by atoms with Crippen molar-refractivity contribution < 1.29 is 14.3 Å². The standard InChI is InChI=1S/C22H19Cl2N3O3/c23-16-6-7-19(20(24)12-16)15-13-25-21(26-14-15)27-10-8-18(9-11-27)30-22(28)29-17-4-2-1-3-5-17/h1-7,12-14,18H,8-11H2. The molecule has 1 aliphatic heterocycles. The van der Waals surface area contributed by atoms with Gasteiger partial charge in [0.1, 0.15) is 11.9 Å². The molecule has 6 nitrogen and oxygen atoms in total. The SMILES string of the molecule is O=C(Oc1ccccc1)OC1CCN(c2ncc(-c3ccc(Cl)cc3Cl)cn2)CC1. The number of carbonyl (C=O) groups excluding carboxylic acids is 1. The van der Waals surface area contributed by atoms with Crippen LogP contribution in [0.25, 0.3) is 11.1 Å². The number of carbonyl (C=O) groups is 1. The first kappa shape index (κ1) is 20.4. The summed E-state index contributed by atoms with van der Waals surface area (Å²) >= 11 is 12.2. The zero-order chi connectivity index (χ0) is 20.9. The van der Waals surface area contributed by atoms with Crippen LogP contribution in [0.2, 0.25) is 10.0 Å². The van der Waals surface area contributed by atoms with Gasteiger partial charge in [0.05, 0.1) is 0 Å². The van der Waals surface area contributed by atoms with E-state index in [0.717, 1.165) is 11.1 Å². The summed E-state index contributed by atoms with van der Waals surface area (Å²) in [7, 11) is 0. The molecular formula is C22H19Cl2N3O3. The Balaban J connectivity index is 1.31. The van der Waals surface area contributed by atoms with E-state index < -0.39 is 6.16 Å². The molecule has 2 aromatic carbocycles. The summed E-state index contributed by atoms with van der Waals surface area (Å²) in [5.74, 6) is 1.10. The van der Waals surface area contributed by atoms with Crippen molar-refractivity contribution in [3.8, 4) is 16.9 Å². The lowest BCUT2D eigenvalue weighted by Crippen LogP contribution is -2.39. The molecule has 0 spiro atoms. The number of para-hydroxylation sites is 1. The minimum atomic E-state index is -0.680. The smallest absolute Gasteiger partial charge is 0.431 e. The summed E-state index contributed by atoms with van der Waals surface area (Å²) in [6, 6.07) is 14.2. The first-order valence-electron chi connectivity index (χ1n) is 9.54. The molecule has 0 saturated carbocycles. The minimum Gasteiger partial charge on any atom is -0.431 e. The molecule has 0 radical (unpaired) electrons. The highest BCUT2D eigenvalue weighted by atomic mass is 35.5. The van der Waals surface area contributed by atoms with Crippen LogP contribution in [-0.4, -0.2) is 35.3 Å². The van der Waals surface area contributed by atoms with Gasteiger partial charge in [0.2, 0.25) is 5.95 Å². The molecule has 0 N–H and O–H groups in total. The van der Waals surface area contributed by atoms with Gasteiger partial charge in [0.25, 0.3) is 0 Å². The molecule has 30 heavy (non-hydrogen) atoms. The predicted octanol–water partition coefficient (Wildman–Crippen LogP) is 5.63. The van der Waals surface area contributed by atoms with Crippen LogP contribution in [0.15, 0.2) is 60.9 Å². The quantitative estimate of drug-likeness (QED) is 0.384. The van der Waals surface area contributed by atoms with Crippen molar-refractivity contribution in [3.63, 3.8) is 0 Å². The number of benzene rings is 2. The lowest BCUT2D eigenvalue weighted by Gasteiger charge is -2.31. The highest BCUT2D eigenvalue weighted by Crippen LogP contribution is 2.30. The Kier molecular flexibility index (Phi) is 6.35. The second-order valence-corrected chi connectivity index (χ2v) is 7.71. The topological polar surface area (TPSA) is 64.6 Å². The molecule has 0 unspecified atom stereocenters. The average molecular weight is 444 g/mol. The van der Waals surface area contributed by atoms with Crippen molar-refractivity contribution in [2.45, 2.75) is 18.9 Å². The molecule has 1 aromatic heterocycles. The molecule has 1 aliphatic rings. The average Bonchev–Trinajstić information content (AvgIpc) is 2.75. The van der Waals surface area contributed by atoms with Gasteiger partial charge in [-0.1, -0.05) is 47.5 Å². The van der Waals surface area contributed by atoms with Gasteiger partial charge in [-0.2, -0.15) is 0 Å². The van der Waals surface area contributed by atoms with Gasteiger partial charge in [0.15, 0.2) is 0 Å². The van der Waals surface area contributed by atoms with E-state index in [1.54, 1.807) is 48.8 Å². The molecule has 0 bridgehead atoms. The van der Waals surface area contributed by atoms with E-state index in [-0.39, 0.29) is 6.10 Å². The third kappa shape index (κ3) is 5.01. The van der Waals surface area contributed by atoms with Crippen molar-refractivity contribution in [1.29, 1.82) is 0 Å². The fourth-order valence-electron chi connectivity index (χ4n) is 3.27. The zero-order valence-corrected chi connectivity index (χ0v) is 17.5. The molecule has 1 saturated heterocycles. The van der Waals surface area contributed by atoms with Crippen LogP contribution in [0.5, 0.6) is 5.75 Å². The molecule has 0 atom stereocenters. The maximum absolute atomic E-state index is 12.0. The fourth-order valence-corrected chi connectivity index (χ4v) is 3.78. The van der Waals surface area contributed by atoms with Crippen LogP contribution in [0.3, 0.4) is 0 Å². The van der Waals surface area contributed by atoms with Crippen LogP contribution in [0, 0.1) is 0 Å². The molecule has 154 valence electrons. The molecule has 3 aromatic rings. The predicted molar refractivity (Wildman–Crippen MR) is 116 cm³/mol. The minimum absolute atomic E-state index is 0.190.